The zero-order chi connectivity index (χ0) is 11.9. The molecule has 1 aliphatic heterocycles. The van der Waals surface area contributed by atoms with Gasteiger partial charge in [0.1, 0.15) is 0 Å². The number of ether oxygens (including phenoxy) is 1. The molecule has 0 aromatic carbocycles. The van der Waals surface area contributed by atoms with Crippen LogP contribution in [0.1, 0.15) is 33.6 Å². The molecule has 0 radical (unpaired) electrons. The van der Waals surface area contributed by atoms with E-state index in [0.29, 0.717) is 0 Å². The van der Waals surface area contributed by atoms with Crippen molar-refractivity contribution in [1.82, 2.24) is 0 Å². The van der Waals surface area contributed by atoms with E-state index in [2.05, 4.69) is 0 Å². The van der Waals surface area contributed by atoms with Crippen molar-refractivity contribution < 1.29 is 24.5 Å². The van der Waals surface area contributed by atoms with E-state index in [0.717, 1.165) is 0 Å². The van der Waals surface area contributed by atoms with Gasteiger partial charge in [0.05, 0.1) is 0 Å². The molecule has 0 aliphatic carbocycles. The molecule has 2 atom stereocenters. The summed E-state index contributed by atoms with van der Waals surface area (Å²) in [6.45, 7) is 4.87. The lowest BCUT2D eigenvalue weighted by Crippen LogP contribution is -2.47. The largest absolute Gasteiger partial charge is 0.479 e. The van der Waals surface area contributed by atoms with Gasteiger partial charge in [-0.15, -0.1) is 0 Å². The average Bonchev–Trinajstić information content (AvgIpc) is 2.46. The van der Waals surface area contributed by atoms with Gasteiger partial charge in [0.25, 0.3) is 0 Å². The number of rotatable bonds is 3. The molecule has 0 aromatic heterocycles. The Balaban J connectivity index is 3.00. The van der Waals surface area contributed by atoms with Gasteiger partial charge in [-0.1, -0.05) is 13.8 Å². The highest BCUT2D eigenvalue weighted by Crippen LogP contribution is 2.42. The molecular formula is C10H16O5. The van der Waals surface area contributed by atoms with Crippen LogP contribution in [0.25, 0.3) is 0 Å². The average molecular weight is 216 g/mol. The Morgan fingerprint density at radius 1 is 1.20 bits per heavy atom. The first-order valence-electron chi connectivity index (χ1n) is 4.91. The number of hydrogen-bond acceptors (Lipinski definition) is 3. The lowest BCUT2D eigenvalue weighted by Gasteiger charge is -2.30. The molecular weight excluding hydrogens is 200 g/mol. The van der Waals surface area contributed by atoms with Gasteiger partial charge in [0.15, 0.2) is 11.2 Å². The third-order valence-corrected chi connectivity index (χ3v) is 3.13. The van der Waals surface area contributed by atoms with Crippen LogP contribution in [-0.2, 0) is 14.3 Å². The molecule has 0 saturated carbocycles. The topological polar surface area (TPSA) is 83.8 Å². The molecule has 1 rings (SSSR count). The standard InChI is InChI=1S/C10H16O5/c1-6(2)10(8(13)14)5-4-9(3,15-10)7(11)12/h6H,4-5H2,1-3H3,(H,11,12)(H,13,14)/t9-,10+/m1/s1. The fraction of sp³-hybridized carbons (Fsp3) is 0.800. The Morgan fingerprint density at radius 3 is 1.93 bits per heavy atom. The van der Waals surface area contributed by atoms with Crippen LogP contribution in [-0.4, -0.2) is 33.4 Å². The highest BCUT2D eigenvalue weighted by atomic mass is 16.6. The SMILES string of the molecule is CC(C)[C@]1(C(=O)O)CC[C@](C)(C(=O)O)O1. The molecule has 0 unspecified atom stereocenters. The second kappa shape index (κ2) is 3.48. The molecule has 15 heavy (non-hydrogen) atoms. The number of carbonyl (C=O) groups is 2. The third-order valence-electron chi connectivity index (χ3n) is 3.13. The van der Waals surface area contributed by atoms with E-state index in [9.17, 15) is 9.59 Å². The van der Waals surface area contributed by atoms with Gasteiger partial charge >= 0.3 is 11.9 Å². The van der Waals surface area contributed by atoms with Gasteiger partial charge in [-0.2, -0.15) is 0 Å². The summed E-state index contributed by atoms with van der Waals surface area (Å²) in [7, 11) is 0. The van der Waals surface area contributed by atoms with E-state index < -0.39 is 23.1 Å². The zero-order valence-electron chi connectivity index (χ0n) is 9.11. The predicted molar refractivity (Wildman–Crippen MR) is 51.6 cm³/mol. The number of hydrogen-bond donors (Lipinski definition) is 2. The molecule has 5 heteroatoms. The fourth-order valence-electron chi connectivity index (χ4n) is 1.88. The van der Waals surface area contributed by atoms with Crippen molar-refractivity contribution in [2.24, 2.45) is 5.92 Å². The molecule has 0 bridgehead atoms. The van der Waals surface area contributed by atoms with Crippen LogP contribution in [0.3, 0.4) is 0 Å². The molecule has 1 heterocycles. The van der Waals surface area contributed by atoms with Crippen LogP contribution in [0.5, 0.6) is 0 Å². The Bertz CT molecular complexity index is 298. The van der Waals surface area contributed by atoms with Crippen LogP contribution in [0, 0.1) is 5.92 Å². The molecule has 86 valence electrons. The monoisotopic (exact) mass is 216 g/mol. The number of aliphatic carboxylic acids is 2. The smallest absolute Gasteiger partial charge is 0.336 e. The summed E-state index contributed by atoms with van der Waals surface area (Å²) in [5, 5.41) is 18.1. The molecule has 0 amide bonds. The quantitative estimate of drug-likeness (QED) is 0.738. The first kappa shape index (κ1) is 12.0. The Hall–Kier alpha value is -1.10. The predicted octanol–water partition coefficient (Wildman–Crippen LogP) is 1.12. The van der Waals surface area contributed by atoms with E-state index in [1.54, 1.807) is 13.8 Å². The van der Waals surface area contributed by atoms with Crippen molar-refractivity contribution in [2.45, 2.75) is 44.8 Å². The fourth-order valence-corrected chi connectivity index (χ4v) is 1.88. The molecule has 5 nitrogen and oxygen atoms in total. The van der Waals surface area contributed by atoms with Crippen molar-refractivity contribution in [2.75, 3.05) is 0 Å². The highest BCUT2D eigenvalue weighted by molar-refractivity contribution is 5.82. The van der Waals surface area contributed by atoms with Crippen LogP contribution < -0.4 is 0 Å². The molecule has 0 spiro atoms. The van der Waals surface area contributed by atoms with Gasteiger partial charge in [-0.3, -0.25) is 0 Å². The second-order valence-electron chi connectivity index (χ2n) is 4.49. The zero-order valence-corrected chi connectivity index (χ0v) is 9.11. The minimum Gasteiger partial charge on any atom is -0.479 e. The maximum absolute atomic E-state index is 11.2. The maximum Gasteiger partial charge on any atom is 0.336 e. The van der Waals surface area contributed by atoms with E-state index in [-0.39, 0.29) is 18.8 Å². The van der Waals surface area contributed by atoms with Gasteiger partial charge in [0.2, 0.25) is 0 Å². The third kappa shape index (κ3) is 1.71. The van der Waals surface area contributed by atoms with Crippen LogP contribution in [0.2, 0.25) is 0 Å². The summed E-state index contributed by atoms with van der Waals surface area (Å²) in [5.74, 6) is -2.44. The summed E-state index contributed by atoms with van der Waals surface area (Å²) in [6.07, 6.45) is 0.468. The summed E-state index contributed by atoms with van der Waals surface area (Å²) >= 11 is 0. The van der Waals surface area contributed by atoms with Crippen molar-refractivity contribution in [1.29, 1.82) is 0 Å². The van der Waals surface area contributed by atoms with E-state index >= 15 is 0 Å². The summed E-state index contributed by atoms with van der Waals surface area (Å²) in [5.41, 5.74) is -2.73. The molecule has 2 N–H and O–H groups in total. The van der Waals surface area contributed by atoms with Gasteiger partial charge < -0.3 is 14.9 Å². The maximum atomic E-state index is 11.2. The molecule has 0 aromatic rings. The van der Waals surface area contributed by atoms with E-state index in [1.165, 1.54) is 6.92 Å². The minimum absolute atomic E-state index is 0.229. The first-order chi connectivity index (χ1) is 6.74. The lowest BCUT2D eigenvalue weighted by molar-refractivity contribution is -0.190. The van der Waals surface area contributed by atoms with Gasteiger partial charge in [-0.25, -0.2) is 9.59 Å². The van der Waals surface area contributed by atoms with Crippen molar-refractivity contribution in [3.8, 4) is 0 Å². The van der Waals surface area contributed by atoms with Crippen LogP contribution in [0.15, 0.2) is 0 Å². The molecule has 1 aliphatic rings. The Kier molecular flexibility index (Phi) is 2.78. The highest BCUT2D eigenvalue weighted by Gasteiger charge is 2.56. The Morgan fingerprint density at radius 2 is 1.73 bits per heavy atom. The van der Waals surface area contributed by atoms with Gasteiger partial charge in [-0.05, 0) is 25.7 Å². The summed E-state index contributed by atoms with van der Waals surface area (Å²) in [6, 6.07) is 0. The second-order valence-corrected chi connectivity index (χ2v) is 4.49. The van der Waals surface area contributed by atoms with Crippen molar-refractivity contribution in [3.63, 3.8) is 0 Å². The lowest BCUT2D eigenvalue weighted by atomic mass is 9.87. The number of carboxylic acids is 2. The molecule has 1 saturated heterocycles. The molecule has 1 fully saturated rings. The van der Waals surface area contributed by atoms with Crippen LogP contribution in [0.4, 0.5) is 0 Å². The first-order valence-corrected chi connectivity index (χ1v) is 4.91. The summed E-state index contributed by atoms with van der Waals surface area (Å²) in [4.78, 5) is 22.1. The van der Waals surface area contributed by atoms with E-state index in [4.69, 9.17) is 14.9 Å². The Labute approximate surface area is 88.0 Å². The number of carboxylic acid groups (broad SMARTS) is 2. The van der Waals surface area contributed by atoms with E-state index in [1.807, 2.05) is 0 Å². The van der Waals surface area contributed by atoms with Crippen LogP contribution >= 0.6 is 0 Å². The normalized spacial score (nSPS) is 35.7. The van der Waals surface area contributed by atoms with Crippen molar-refractivity contribution >= 4 is 11.9 Å². The summed E-state index contributed by atoms with van der Waals surface area (Å²) < 4.78 is 5.32. The van der Waals surface area contributed by atoms with Crippen molar-refractivity contribution in [3.05, 3.63) is 0 Å². The minimum atomic E-state index is -1.37. The van der Waals surface area contributed by atoms with Gasteiger partial charge in [0, 0.05) is 0 Å².